The third-order valence-corrected chi connectivity index (χ3v) is 1.58. The van der Waals surface area contributed by atoms with Crippen molar-refractivity contribution < 1.29 is 17.9 Å². The van der Waals surface area contributed by atoms with E-state index in [9.17, 15) is 13.2 Å². The van der Waals surface area contributed by atoms with Crippen LogP contribution in [0, 0.1) is 0 Å². The summed E-state index contributed by atoms with van der Waals surface area (Å²) in [7, 11) is 0. The van der Waals surface area contributed by atoms with Crippen LogP contribution in [0.5, 0.6) is 5.75 Å². The van der Waals surface area contributed by atoms with E-state index in [4.69, 9.17) is 0 Å². The normalized spacial score (nSPS) is 13.0. The van der Waals surface area contributed by atoms with E-state index < -0.39 is 12.8 Å². The van der Waals surface area contributed by atoms with Gasteiger partial charge in [-0.2, -0.15) is 4.39 Å². The molecule has 72 valence electrons. The molecule has 0 saturated carbocycles. The van der Waals surface area contributed by atoms with Crippen LogP contribution in [0.3, 0.4) is 0 Å². The molecule has 1 unspecified atom stereocenters. The number of rotatable bonds is 3. The molecule has 0 N–H and O–H groups in total. The Labute approximate surface area is 80.9 Å². The summed E-state index contributed by atoms with van der Waals surface area (Å²) in [6, 6.07) is 2.59. The van der Waals surface area contributed by atoms with Gasteiger partial charge in [-0.1, -0.05) is 0 Å². The molecule has 0 aliphatic heterocycles. The molecular formula is C7H5BrF3NO. The zero-order chi connectivity index (χ0) is 9.84. The summed E-state index contributed by atoms with van der Waals surface area (Å²) < 4.78 is 40.4. The van der Waals surface area contributed by atoms with Crippen LogP contribution in [-0.2, 0) is 0 Å². The van der Waals surface area contributed by atoms with Crippen molar-refractivity contribution in [1.82, 2.24) is 4.98 Å². The quantitative estimate of drug-likeness (QED) is 0.776. The van der Waals surface area contributed by atoms with Crippen molar-refractivity contribution in [2.45, 2.75) is 12.8 Å². The van der Waals surface area contributed by atoms with Crippen molar-refractivity contribution in [2.75, 3.05) is 0 Å². The topological polar surface area (TPSA) is 22.1 Å². The Morgan fingerprint density at radius 3 is 2.62 bits per heavy atom. The Morgan fingerprint density at radius 2 is 2.08 bits per heavy atom. The molecule has 0 aliphatic rings. The highest BCUT2D eigenvalue weighted by atomic mass is 79.9. The van der Waals surface area contributed by atoms with E-state index in [0.29, 0.717) is 4.60 Å². The molecular weight excluding hydrogens is 251 g/mol. The molecule has 2 nitrogen and oxygen atoms in total. The highest BCUT2D eigenvalue weighted by Gasteiger charge is 2.20. The van der Waals surface area contributed by atoms with E-state index in [-0.39, 0.29) is 5.75 Å². The van der Waals surface area contributed by atoms with Crippen LogP contribution in [0.2, 0.25) is 0 Å². The summed E-state index contributed by atoms with van der Waals surface area (Å²) in [5, 5.41) is 0. The van der Waals surface area contributed by atoms with Crippen LogP contribution in [0.25, 0.3) is 0 Å². The van der Waals surface area contributed by atoms with Crippen LogP contribution >= 0.6 is 15.9 Å². The minimum atomic E-state index is -3.15. The fourth-order valence-corrected chi connectivity index (χ4v) is 0.983. The highest BCUT2D eigenvalue weighted by molar-refractivity contribution is 9.10. The fourth-order valence-electron chi connectivity index (χ4n) is 0.639. The Bertz CT molecular complexity index is 284. The lowest BCUT2D eigenvalue weighted by Gasteiger charge is -2.09. The molecule has 1 aromatic heterocycles. The fraction of sp³-hybridized carbons (Fsp3) is 0.286. The van der Waals surface area contributed by atoms with Crippen LogP contribution < -0.4 is 4.74 Å². The van der Waals surface area contributed by atoms with Crippen LogP contribution in [0.1, 0.15) is 0 Å². The average Bonchev–Trinajstić information content (AvgIpc) is 2.04. The molecule has 1 rings (SSSR count). The molecule has 13 heavy (non-hydrogen) atoms. The number of hydrogen-bond donors (Lipinski definition) is 0. The Kier molecular flexibility index (Phi) is 3.53. The molecule has 1 heterocycles. The van der Waals surface area contributed by atoms with Gasteiger partial charge in [0, 0.05) is 12.3 Å². The first kappa shape index (κ1) is 10.3. The lowest BCUT2D eigenvalue weighted by atomic mass is 10.4. The van der Waals surface area contributed by atoms with E-state index in [1.165, 1.54) is 18.3 Å². The molecule has 6 heteroatoms. The molecule has 0 amide bonds. The third-order valence-electron chi connectivity index (χ3n) is 1.14. The second-order valence-corrected chi connectivity index (χ2v) is 2.93. The summed E-state index contributed by atoms with van der Waals surface area (Å²) in [6.45, 7) is 0. The van der Waals surface area contributed by atoms with E-state index in [1.54, 1.807) is 0 Å². The van der Waals surface area contributed by atoms with E-state index in [1.807, 2.05) is 0 Å². The first-order chi connectivity index (χ1) is 6.09. The summed E-state index contributed by atoms with van der Waals surface area (Å²) in [5.74, 6) is 0.00896. The van der Waals surface area contributed by atoms with Crippen molar-refractivity contribution >= 4 is 15.9 Å². The van der Waals surface area contributed by atoms with Gasteiger partial charge < -0.3 is 4.74 Å². The number of nitrogens with zero attached hydrogens (tertiary/aromatic N) is 1. The lowest BCUT2D eigenvalue weighted by molar-refractivity contribution is -0.0669. The van der Waals surface area contributed by atoms with Crippen LogP contribution in [0.4, 0.5) is 13.2 Å². The van der Waals surface area contributed by atoms with Crippen molar-refractivity contribution in [1.29, 1.82) is 0 Å². The first-order valence-corrected chi connectivity index (χ1v) is 4.09. The standard InChI is InChI=1S/C7H5BrF3NO/c8-5-3-4(1-2-12-5)13-7(11)6(9)10/h1-3,6-7H. The summed E-state index contributed by atoms with van der Waals surface area (Å²) in [5.41, 5.74) is 0. The van der Waals surface area contributed by atoms with E-state index in [2.05, 4.69) is 25.7 Å². The highest BCUT2D eigenvalue weighted by Crippen LogP contribution is 2.18. The largest absolute Gasteiger partial charge is 0.454 e. The molecule has 0 spiro atoms. The number of halogens is 4. The molecule has 0 fully saturated rings. The summed E-state index contributed by atoms with van der Waals surface area (Å²) >= 11 is 2.99. The predicted molar refractivity (Wildman–Crippen MR) is 43.5 cm³/mol. The second-order valence-electron chi connectivity index (χ2n) is 2.12. The van der Waals surface area contributed by atoms with Gasteiger partial charge in [0.25, 0.3) is 6.36 Å². The molecule has 0 saturated heterocycles. The van der Waals surface area contributed by atoms with Crippen molar-refractivity contribution in [3.63, 3.8) is 0 Å². The molecule has 1 atom stereocenters. The van der Waals surface area contributed by atoms with Crippen molar-refractivity contribution in [3.05, 3.63) is 22.9 Å². The molecule has 0 aromatic carbocycles. The molecule has 0 aliphatic carbocycles. The number of hydrogen-bond acceptors (Lipinski definition) is 2. The summed E-state index contributed by atoms with van der Waals surface area (Å²) in [4.78, 5) is 3.72. The smallest absolute Gasteiger partial charge is 0.304 e. The van der Waals surface area contributed by atoms with Gasteiger partial charge in [0.05, 0.1) is 0 Å². The predicted octanol–water partition coefficient (Wildman–Crippen LogP) is 2.78. The Hall–Kier alpha value is -0.780. The summed E-state index contributed by atoms with van der Waals surface area (Å²) in [6.07, 6.45) is -4.43. The van der Waals surface area contributed by atoms with Crippen molar-refractivity contribution in [3.8, 4) is 5.75 Å². The van der Waals surface area contributed by atoms with Gasteiger partial charge in [0.15, 0.2) is 0 Å². The SMILES string of the molecule is FC(F)C(F)Oc1ccnc(Br)c1. The molecule has 0 bridgehead atoms. The number of ether oxygens (including phenoxy) is 1. The van der Waals surface area contributed by atoms with Gasteiger partial charge in [0.1, 0.15) is 10.4 Å². The Balaban J connectivity index is 2.64. The zero-order valence-electron chi connectivity index (χ0n) is 6.25. The number of alkyl halides is 3. The van der Waals surface area contributed by atoms with Gasteiger partial charge in [0.2, 0.25) is 0 Å². The Morgan fingerprint density at radius 1 is 1.38 bits per heavy atom. The molecule has 0 radical (unpaired) electrons. The van der Waals surface area contributed by atoms with E-state index in [0.717, 1.165) is 0 Å². The third kappa shape index (κ3) is 3.22. The van der Waals surface area contributed by atoms with Gasteiger partial charge in [-0.3, -0.25) is 0 Å². The van der Waals surface area contributed by atoms with Gasteiger partial charge in [-0.25, -0.2) is 13.8 Å². The number of aromatic nitrogens is 1. The maximum atomic E-state index is 12.3. The van der Waals surface area contributed by atoms with Crippen LogP contribution in [-0.4, -0.2) is 17.8 Å². The maximum Gasteiger partial charge on any atom is 0.304 e. The zero-order valence-corrected chi connectivity index (χ0v) is 7.84. The van der Waals surface area contributed by atoms with E-state index >= 15 is 0 Å². The maximum absolute atomic E-state index is 12.3. The van der Waals surface area contributed by atoms with Crippen molar-refractivity contribution in [2.24, 2.45) is 0 Å². The van der Waals surface area contributed by atoms with Gasteiger partial charge >= 0.3 is 6.43 Å². The lowest BCUT2D eigenvalue weighted by Crippen LogP contribution is -2.19. The first-order valence-electron chi connectivity index (χ1n) is 3.30. The van der Waals surface area contributed by atoms with Gasteiger partial charge in [-0.05, 0) is 22.0 Å². The minimum absolute atomic E-state index is 0.00896. The molecule has 1 aromatic rings. The van der Waals surface area contributed by atoms with Gasteiger partial charge in [-0.15, -0.1) is 0 Å². The van der Waals surface area contributed by atoms with Crippen LogP contribution in [0.15, 0.2) is 22.9 Å². The minimum Gasteiger partial charge on any atom is -0.454 e. The average molecular weight is 256 g/mol. The second kappa shape index (κ2) is 4.45. The monoisotopic (exact) mass is 255 g/mol. The number of pyridine rings is 1.